The molecule has 3 nitrogen and oxygen atoms in total. The van der Waals surface area contributed by atoms with Gasteiger partial charge in [0.2, 0.25) is 0 Å². The Morgan fingerprint density at radius 2 is 1.90 bits per heavy atom. The second kappa shape index (κ2) is 5.25. The lowest BCUT2D eigenvalue weighted by Gasteiger charge is -2.09. The van der Waals surface area contributed by atoms with Gasteiger partial charge in [0.05, 0.1) is 0 Å². The van der Waals surface area contributed by atoms with Gasteiger partial charge in [-0.25, -0.2) is 4.79 Å². The molecular formula is C17H20O3. The quantitative estimate of drug-likeness (QED) is 0.518. The van der Waals surface area contributed by atoms with Crippen molar-refractivity contribution in [3.05, 3.63) is 58.7 Å². The first kappa shape index (κ1) is 14.5. The van der Waals surface area contributed by atoms with Crippen LogP contribution in [0.4, 0.5) is 0 Å². The Balaban J connectivity index is 2.13. The van der Waals surface area contributed by atoms with Crippen LogP contribution in [0.2, 0.25) is 0 Å². The van der Waals surface area contributed by atoms with Crippen molar-refractivity contribution in [2.24, 2.45) is 0 Å². The smallest absolute Gasteiger partial charge is 0.328 e. The molecule has 1 fully saturated rings. The van der Waals surface area contributed by atoms with Crippen LogP contribution in [0.15, 0.2) is 42.0 Å². The van der Waals surface area contributed by atoms with Gasteiger partial charge in [0.1, 0.15) is 11.7 Å². The van der Waals surface area contributed by atoms with Crippen molar-refractivity contribution < 1.29 is 14.6 Å². The highest BCUT2D eigenvalue weighted by atomic mass is 16.6. The maximum absolute atomic E-state index is 10.6. The SMILES string of the molecule is CC(C=CC1O[C@]1(C)c1cc(C)cc(C)c1)=CC(=O)O. The van der Waals surface area contributed by atoms with Crippen LogP contribution < -0.4 is 0 Å². The van der Waals surface area contributed by atoms with Crippen molar-refractivity contribution >= 4 is 5.97 Å². The minimum atomic E-state index is -0.930. The fourth-order valence-corrected chi connectivity index (χ4v) is 2.43. The summed E-state index contributed by atoms with van der Waals surface area (Å²) in [6, 6.07) is 6.42. The summed E-state index contributed by atoms with van der Waals surface area (Å²) in [6.07, 6.45) is 4.91. The van der Waals surface area contributed by atoms with E-state index in [2.05, 4.69) is 39.0 Å². The second-order valence-corrected chi connectivity index (χ2v) is 5.61. The van der Waals surface area contributed by atoms with E-state index in [1.165, 1.54) is 22.8 Å². The molecule has 1 unspecified atom stereocenters. The predicted molar refractivity (Wildman–Crippen MR) is 78.7 cm³/mol. The lowest BCUT2D eigenvalue weighted by atomic mass is 9.94. The number of carbonyl (C=O) groups is 1. The first-order chi connectivity index (χ1) is 9.31. The molecule has 0 aromatic heterocycles. The first-order valence-electron chi connectivity index (χ1n) is 6.67. The molecule has 1 saturated heterocycles. The topological polar surface area (TPSA) is 49.8 Å². The third-order valence-corrected chi connectivity index (χ3v) is 3.54. The van der Waals surface area contributed by atoms with E-state index in [0.717, 1.165) is 0 Å². The van der Waals surface area contributed by atoms with Crippen molar-refractivity contribution in [3.8, 4) is 0 Å². The summed E-state index contributed by atoms with van der Waals surface area (Å²) in [7, 11) is 0. The summed E-state index contributed by atoms with van der Waals surface area (Å²) in [5.74, 6) is -0.930. The van der Waals surface area contributed by atoms with Gasteiger partial charge in [0.25, 0.3) is 0 Å². The van der Waals surface area contributed by atoms with Crippen LogP contribution in [0.25, 0.3) is 0 Å². The summed E-state index contributed by atoms with van der Waals surface area (Å²) in [4.78, 5) is 10.6. The molecule has 1 aliphatic rings. The Hall–Kier alpha value is -1.87. The predicted octanol–water partition coefficient (Wildman–Crippen LogP) is 3.50. The van der Waals surface area contributed by atoms with Gasteiger partial charge in [-0.05, 0) is 38.8 Å². The largest absolute Gasteiger partial charge is 0.478 e. The van der Waals surface area contributed by atoms with Gasteiger partial charge in [-0.15, -0.1) is 0 Å². The number of hydrogen-bond donors (Lipinski definition) is 1. The molecular weight excluding hydrogens is 252 g/mol. The van der Waals surface area contributed by atoms with Crippen LogP contribution in [0.3, 0.4) is 0 Å². The molecule has 0 bridgehead atoms. The van der Waals surface area contributed by atoms with Crippen LogP contribution in [-0.2, 0) is 15.1 Å². The van der Waals surface area contributed by atoms with Crippen LogP contribution in [0.5, 0.6) is 0 Å². The number of allylic oxidation sites excluding steroid dienone is 2. The maximum Gasteiger partial charge on any atom is 0.328 e. The molecule has 1 aliphatic heterocycles. The number of rotatable bonds is 4. The van der Waals surface area contributed by atoms with Crippen molar-refractivity contribution in [1.82, 2.24) is 0 Å². The molecule has 20 heavy (non-hydrogen) atoms. The lowest BCUT2D eigenvalue weighted by Crippen LogP contribution is -2.07. The molecule has 106 valence electrons. The van der Waals surface area contributed by atoms with E-state index < -0.39 is 5.97 Å². The number of hydrogen-bond acceptors (Lipinski definition) is 2. The van der Waals surface area contributed by atoms with Gasteiger partial charge in [-0.2, -0.15) is 0 Å². The van der Waals surface area contributed by atoms with Crippen molar-refractivity contribution in [2.45, 2.75) is 39.4 Å². The summed E-state index contributed by atoms with van der Waals surface area (Å²) < 4.78 is 5.79. The highest BCUT2D eigenvalue weighted by Crippen LogP contribution is 2.47. The Bertz CT molecular complexity index is 578. The molecule has 2 rings (SSSR count). The van der Waals surface area contributed by atoms with Gasteiger partial charge in [0.15, 0.2) is 0 Å². The van der Waals surface area contributed by atoms with E-state index in [4.69, 9.17) is 9.84 Å². The zero-order valence-corrected chi connectivity index (χ0v) is 12.3. The van der Waals surface area contributed by atoms with E-state index in [9.17, 15) is 4.79 Å². The molecule has 0 spiro atoms. The number of carboxylic acids is 1. The third kappa shape index (κ3) is 3.17. The number of aryl methyl sites for hydroxylation is 2. The molecule has 0 saturated carbocycles. The van der Waals surface area contributed by atoms with E-state index in [-0.39, 0.29) is 11.7 Å². The first-order valence-corrected chi connectivity index (χ1v) is 6.67. The van der Waals surface area contributed by atoms with Gasteiger partial charge in [-0.1, -0.05) is 41.5 Å². The molecule has 3 heteroatoms. The number of epoxide rings is 1. The van der Waals surface area contributed by atoms with Gasteiger partial charge >= 0.3 is 5.97 Å². The van der Waals surface area contributed by atoms with Crippen molar-refractivity contribution in [1.29, 1.82) is 0 Å². The third-order valence-electron chi connectivity index (χ3n) is 3.54. The molecule has 2 atom stereocenters. The number of ether oxygens (including phenoxy) is 1. The summed E-state index contributed by atoms with van der Waals surface area (Å²) in [5, 5.41) is 8.66. The van der Waals surface area contributed by atoms with Crippen LogP contribution in [-0.4, -0.2) is 17.2 Å². The molecule has 1 N–H and O–H groups in total. The van der Waals surface area contributed by atoms with E-state index in [1.807, 2.05) is 6.08 Å². The maximum atomic E-state index is 10.6. The minimum Gasteiger partial charge on any atom is -0.478 e. The molecule has 1 heterocycles. The molecule has 1 aromatic carbocycles. The Morgan fingerprint density at radius 1 is 1.30 bits per heavy atom. The van der Waals surface area contributed by atoms with Crippen molar-refractivity contribution in [3.63, 3.8) is 0 Å². The average Bonchev–Trinajstić information content (AvgIpc) is 2.97. The van der Waals surface area contributed by atoms with Gasteiger partial charge in [-0.3, -0.25) is 0 Å². The molecule has 0 radical (unpaired) electrons. The van der Waals surface area contributed by atoms with Gasteiger partial charge < -0.3 is 9.84 Å². The van der Waals surface area contributed by atoms with Crippen LogP contribution in [0, 0.1) is 13.8 Å². The number of benzene rings is 1. The summed E-state index contributed by atoms with van der Waals surface area (Å²) >= 11 is 0. The minimum absolute atomic E-state index is 0.000782. The summed E-state index contributed by atoms with van der Waals surface area (Å²) in [6.45, 7) is 7.98. The fourth-order valence-electron chi connectivity index (χ4n) is 2.43. The van der Waals surface area contributed by atoms with E-state index >= 15 is 0 Å². The van der Waals surface area contributed by atoms with Crippen molar-refractivity contribution in [2.75, 3.05) is 0 Å². The standard InChI is InChI=1S/C17H20O3/c1-11(10-16(18)19)5-6-15-17(4,20-15)14-8-12(2)7-13(3)9-14/h5-10,15H,1-4H3,(H,18,19)/t15?,17-/m1/s1. The lowest BCUT2D eigenvalue weighted by molar-refractivity contribution is -0.131. The monoisotopic (exact) mass is 272 g/mol. The average molecular weight is 272 g/mol. The zero-order valence-electron chi connectivity index (χ0n) is 12.3. The Labute approximate surface area is 119 Å². The van der Waals surface area contributed by atoms with Crippen LogP contribution >= 0.6 is 0 Å². The van der Waals surface area contributed by atoms with Gasteiger partial charge in [0, 0.05) is 6.08 Å². The zero-order chi connectivity index (χ0) is 14.9. The van der Waals surface area contributed by atoms with Crippen LogP contribution in [0.1, 0.15) is 30.5 Å². The Kier molecular flexibility index (Phi) is 3.82. The second-order valence-electron chi connectivity index (χ2n) is 5.61. The molecule has 1 aromatic rings. The molecule has 0 amide bonds. The number of aliphatic carboxylic acids is 1. The highest BCUT2D eigenvalue weighted by Gasteiger charge is 2.52. The number of carboxylic acid groups (broad SMARTS) is 1. The normalized spacial score (nSPS) is 26.0. The molecule has 0 aliphatic carbocycles. The van der Waals surface area contributed by atoms with E-state index in [1.54, 1.807) is 13.0 Å². The van der Waals surface area contributed by atoms with E-state index in [0.29, 0.717) is 5.57 Å². The fraction of sp³-hybridized carbons (Fsp3) is 0.353. The summed E-state index contributed by atoms with van der Waals surface area (Å²) in [5.41, 5.74) is 4.03. The highest BCUT2D eigenvalue weighted by molar-refractivity contribution is 5.81. The Morgan fingerprint density at radius 3 is 2.45 bits per heavy atom.